The van der Waals surface area contributed by atoms with Crippen LogP contribution in [0.15, 0.2) is 12.3 Å². The standard InChI is InChI=1S/C15H22N2O2/c1-15(2)9-12-11(13(18)10-15)5-7-17(12)8-6-14(19)16(3)4/h5,7H,6,8-10H2,1-4H3. The zero-order valence-electron chi connectivity index (χ0n) is 12.2. The maximum absolute atomic E-state index is 12.1. The predicted molar refractivity (Wildman–Crippen MR) is 74.2 cm³/mol. The lowest BCUT2D eigenvalue weighted by atomic mass is 9.76. The van der Waals surface area contributed by atoms with Gasteiger partial charge in [0.05, 0.1) is 0 Å². The van der Waals surface area contributed by atoms with Crippen LogP contribution in [-0.2, 0) is 17.8 Å². The fourth-order valence-electron chi connectivity index (χ4n) is 2.65. The number of Topliss-reactive ketones (excluding diaryl/α,β-unsaturated/α-hetero) is 1. The zero-order chi connectivity index (χ0) is 14.2. The molecule has 4 heteroatoms. The molecule has 2 rings (SSSR count). The highest BCUT2D eigenvalue weighted by atomic mass is 16.2. The van der Waals surface area contributed by atoms with E-state index in [2.05, 4.69) is 18.4 Å². The molecule has 1 aromatic heterocycles. The molecule has 1 aromatic rings. The molecule has 104 valence electrons. The summed E-state index contributed by atoms with van der Waals surface area (Å²) in [5.41, 5.74) is 1.95. The number of aryl methyl sites for hydroxylation is 1. The van der Waals surface area contributed by atoms with E-state index < -0.39 is 0 Å². The number of fused-ring (bicyclic) bond motifs is 1. The molecule has 0 atom stereocenters. The number of hydrogen-bond donors (Lipinski definition) is 0. The highest BCUT2D eigenvalue weighted by Gasteiger charge is 2.32. The first-order valence-electron chi connectivity index (χ1n) is 6.71. The van der Waals surface area contributed by atoms with Gasteiger partial charge in [0.25, 0.3) is 0 Å². The molecule has 0 spiro atoms. The third-order valence-corrected chi connectivity index (χ3v) is 3.73. The van der Waals surface area contributed by atoms with Gasteiger partial charge in [-0.25, -0.2) is 0 Å². The Morgan fingerprint density at radius 3 is 2.68 bits per heavy atom. The summed E-state index contributed by atoms with van der Waals surface area (Å²) in [5.74, 6) is 0.341. The normalized spacial score (nSPS) is 17.2. The fourth-order valence-corrected chi connectivity index (χ4v) is 2.65. The Morgan fingerprint density at radius 2 is 2.05 bits per heavy atom. The van der Waals surface area contributed by atoms with Crippen LogP contribution in [0.25, 0.3) is 0 Å². The molecule has 0 fully saturated rings. The van der Waals surface area contributed by atoms with Crippen molar-refractivity contribution in [3.8, 4) is 0 Å². The van der Waals surface area contributed by atoms with Crippen molar-refractivity contribution in [1.82, 2.24) is 9.47 Å². The topological polar surface area (TPSA) is 42.3 Å². The van der Waals surface area contributed by atoms with Gasteiger partial charge in [-0.2, -0.15) is 0 Å². The smallest absolute Gasteiger partial charge is 0.223 e. The van der Waals surface area contributed by atoms with Gasteiger partial charge >= 0.3 is 0 Å². The van der Waals surface area contributed by atoms with Crippen molar-refractivity contribution in [2.45, 2.75) is 39.7 Å². The molecule has 1 heterocycles. The summed E-state index contributed by atoms with van der Waals surface area (Å²) in [6.45, 7) is 4.89. The van der Waals surface area contributed by atoms with Crippen molar-refractivity contribution in [3.63, 3.8) is 0 Å². The van der Waals surface area contributed by atoms with Gasteiger partial charge in [-0.05, 0) is 17.9 Å². The van der Waals surface area contributed by atoms with Crippen molar-refractivity contribution >= 4 is 11.7 Å². The van der Waals surface area contributed by atoms with E-state index in [1.54, 1.807) is 19.0 Å². The molecule has 0 saturated heterocycles. The van der Waals surface area contributed by atoms with Crippen LogP contribution in [0.1, 0.15) is 42.7 Å². The van der Waals surface area contributed by atoms with E-state index in [4.69, 9.17) is 0 Å². The maximum Gasteiger partial charge on any atom is 0.223 e. The zero-order valence-corrected chi connectivity index (χ0v) is 12.2. The van der Waals surface area contributed by atoms with E-state index in [0.717, 1.165) is 17.7 Å². The number of aromatic nitrogens is 1. The van der Waals surface area contributed by atoms with E-state index in [1.807, 2.05) is 12.3 Å². The first-order valence-corrected chi connectivity index (χ1v) is 6.71. The molecule has 0 bridgehead atoms. The highest BCUT2D eigenvalue weighted by molar-refractivity contribution is 5.98. The predicted octanol–water partition coefficient (Wildman–Crippen LogP) is 2.12. The van der Waals surface area contributed by atoms with Crippen molar-refractivity contribution in [1.29, 1.82) is 0 Å². The summed E-state index contributed by atoms with van der Waals surface area (Å²) in [4.78, 5) is 25.3. The van der Waals surface area contributed by atoms with Crippen LogP contribution < -0.4 is 0 Å². The van der Waals surface area contributed by atoms with Crippen molar-refractivity contribution in [3.05, 3.63) is 23.5 Å². The minimum absolute atomic E-state index is 0.0196. The van der Waals surface area contributed by atoms with E-state index in [-0.39, 0.29) is 17.1 Å². The summed E-state index contributed by atoms with van der Waals surface area (Å²) >= 11 is 0. The van der Waals surface area contributed by atoms with Gasteiger partial charge in [0.15, 0.2) is 5.78 Å². The molecule has 19 heavy (non-hydrogen) atoms. The highest BCUT2D eigenvalue weighted by Crippen LogP contribution is 2.35. The number of ketones is 1. The molecule has 1 aliphatic rings. The van der Waals surface area contributed by atoms with Crippen LogP contribution >= 0.6 is 0 Å². The largest absolute Gasteiger partial charge is 0.350 e. The second kappa shape index (κ2) is 4.83. The van der Waals surface area contributed by atoms with Gasteiger partial charge < -0.3 is 9.47 Å². The molecule has 1 aliphatic carbocycles. The fraction of sp³-hybridized carbons (Fsp3) is 0.600. The van der Waals surface area contributed by atoms with Gasteiger partial charge in [0, 0.05) is 50.9 Å². The Bertz CT molecular complexity index is 512. The number of hydrogen-bond acceptors (Lipinski definition) is 2. The number of carbonyl (C=O) groups excluding carboxylic acids is 2. The molecule has 0 radical (unpaired) electrons. The quantitative estimate of drug-likeness (QED) is 0.837. The third-order valence-electron chi connectivity index (χ3n) is 3.73. The molecular weight excluding hydrogens is 240 g/mol. The summed E-state index contributed by atoms with van der Waals surface area (Å²) in [6.07, 6.45) is 3.92. The van der Waals surface area contributed by atoms with Crippen LogP contribution in [0, 0.1) is 5.41 Å². The number of nitrogens with zero attached hydrogens (tertiary/aromatic N) is 2. The summed E-state index contributed by atoms with van der Waals surface area (Å²) in [5, 5.41) is 0. The Balaban J connectivity index is 2.17. The summed E-state index contributed by atoms with van der Waals surface area (Å²) < 4.78 is 2.07. The van der Waals surface area contributed by atoms with Gasteiger partial charge in [-0.15, -0.1) is 0 Å². The lowest BCUT2D eigenvalue weighted by Crippen LogP contribution is -2.28. The molecule has 1 amide bonds. The van der Waals surface area contributed by atoms with Crippen LogP contribution in [0.4, 0.5) is 0 Å². The number of rotatable bonds is 3. The van der Waals surface area contributed by atoms with Crippen LogP contribution in [0.2, 0.25) is 0 Å². The third kappa shape index (κ3) is 2.88. The molecule has 0 saturated carbocycles. The molecule has 0 aromatic carbocycles. The molecular formula is C15H22N2O2. The first kappa shape index (κ1) is 13.8. The lowest BCUT2D eigenvalue weighted by Gasteiger charge is -2.29. The Labute approximate surface area is 114 Å². The summed E-state index contributed by atoms with van der Waals surface area (Å²) in [6, 6.07) is 1.90. The SMILES string of the molecule is CN(C)C(=O)CCn1ccc2c1CC(C)(C)CC2=O. The van der Waals surface area contributed by atoms with Crippen LogP contribution in [-0.4, -0.2) is 35.3 Å². The number of carbonyl (C=O) groups is 2. The van der Waals surface area contributed by atoms with Gasteiger partial charge in [0.1, 0.15) is 0 Å². The second-order valence-corrected chi connectivity index (χ2v) is 6.35. The average Bonchev–Trinajstić information content (AvgIpc) is 2.67. The van der Waals surface area contributed by atoms with Crippen molar-refractivity contribution in [2.75, 3.05) is 14.1 Å². The first-order chi connectivity index (χ1) is 8.80. The maximum atomic E-state index is 12.1. The van der Waals surface area contributed by atoms with Crippen LogP contribution in [0.5, 0.6) is 0 Å². The Kier molecular flexibility index (Phi) is 3.52. The minimum atomic E-state index is 0.0196. The Morgan fingerprint density at radius 1 is 1.37 bits per heavy atom. The van der Waals surface area contributed by atoms with E-state index >= 15 is 0 Å². The summed E-state index contributed by atoms with van der Waals surface area (Å²) in [7, 11) is 3.53. The van der Waals surface area contributed by atoms with Crippen LogP contribution in [0.3, 0.4) is 0 Å². The average molecular weight is 262 g/mol. The van der Waals surface area contributed by atoms with Crippen molar-refractivity contribution in [2.24, 2.45) is 5.41 Å². The Hall–Kier alpha value is -1.58. The van der Waals surface area contributed by atoms with E-state index in [1.165, 1.54) is 0 Å². The number of amides is 1. The second-order valence-electron chi connectivity index (χ2n) is 6.35. The minimum Gasteiger partial charge on any atom is -0.350 e. The van der Waals surface area contributed by atoms with E-state index in [9.17, 15) is 9.59 Å². The van der Waals surface area contributed by atoms with Gasteiger partial charge in [-0.1, -0.05) is 13.8 Å². The lowest BCUT2D eigenvalue weighted by molar-refractivity contribution is -0.128. The molecule has 0 unspecified atom stereocenters. The van der Waals surface area contributed by atoms with E-state index in [0.29, 0.717) is 19.4 Å². The van der Waals surface area contributed by atoms with Gasteiger partial charge in [0.2, 0.25) is 5.91 Å². The molecule has 4 nitrogen and oxygen atoms in total. The monoisotopic (exact) mass is 262 g/mol. The van der Waals surface area contributed by atoms with Crippen molar-refractivity contribution < 1.29 is 9.59 Å². The van der Waals surface area contributed by atoms with Gasteiger partial charge in [-0.3, -0.25) is 9.59 Å². The molecule has 0 N–H and O–H groups in total. The molecule has 0 aliphatic heterocycles.